The lowest BCUT2D eigenvalue weighted by Crippen LogP contribution is -2.35. The summed E-state index contributed by atoms with van der Waals surface area (Å²) in [5.74, 6) is -0.170. The molecule has 1 atom stereocenters. The van der Waals surface area contributed by atoms with Crippen LogP contribution in [0.25, 0.3) is 16.3 Å². The molecule has 1 fully saturated rings. The number of benzene rings is 1. The Morgan fingerprint density at radius 3 is 2.65 bits per heavy atom. The van der Waals surface area contributed by atoms with Crippen LogP contribution in [0.2, 0.25) is 0 Å². The van der Waals surface area contributed by atoms with Gasteiger partial charge in [-0.25, -0.2) is 13.1 Å². The molecule has 1 aromatic carbocycles. The zero-order valence-electron chi connectivity index (χ0n) is 13.8. The molecule has 6 nitrogen and oxygen atoms in total. The minimum absolute atomic E-state index is 0.000101. The van der Waals surface area contributed by atoms with Gasteiger partial charge in [0.2, 0.25) is 0 Å². The Balaban J connectivity index is 1.68. The first-order valence-electron chi connectivity index (χ1n) is 8.22. The van der Waals surface area contributed by atoms with E-state index in [2.05, 4.69) is 10.4 Å². The summed E-state index contributed by atoms with van der Waals surface area (Å²) >= 11 is 1.51. The summed E-state index contributed by atoms with van der Waals surface area (Å²) in [5, 5.41) is 9.38. The van der Waals surface area contributed by atoms with Gasteiger partial charge in [-0.2, -0.15) is 5.10 Å². The van der Waals surface area contributed by atoms with E-state index < -0.39 is 9.84 Å². The summed E-state index contributed by atoms with van der Waals surface area (Å²) in [6.07, 6.45) is 2.15. The number of para-hydroxylation sites is 1. The number of nitrogens with zero attached hydrogens (tertiary/aromatic N) is 2. The van der Waals surface area contributed by atoms with E-state index in [0.717, 1.165) is 10.6 Å². The lowest BCUT2D eigenvalue weighted by molar-refractivity contribution is 0.0942. The molecule has 26 heavy (non-hydrogen) atoms. The maximum absolute atomic E-state index is 12.8. The van der Waals surface area contributed by atoms with E-state index in [0.29, 0.717) is 17.7 Å². The molecule has 0 radical (unpaired) electrons. The fourth-order valence-corrected chi connectivity index (χ4v) is 5.42. The van der Waals surface area contributed by atoms with Crippen LogP contribution in [-0.4, -0.2) is 41.7 Å². The van der Waals surface area contributed by atoms with E-state index in [4.69, 9.17) is 0 Å². The highest BCUT2D eigenvalue weighted by Crippen LogP contribution is 2.28. The van der Waals surface area contributed by atoms with Crippen LogP contribution in [0.4, 0.5) is 0 Å². The first-order valence-corrected chi connectivity index (χ1v) is 10.9. The Labute approximate surface area is 155 Å². The Bertz CT molecular complexity index is 1030. The number of hydrogen-bond acceptors (Lipinski definition) is 5. The molecule has 1 saturated heterocycles. The topological polar surface area (TPSA) is 81.1 Å². The normalized spacial score (nSPS) is 18.7. The van der Waals surface area contributed by atoms with Crippen molar-refractivity contribution < 1.29 is 13.2 Å². The molecule has 1 amide bonds. The molecule has 1 aliphatic rings. The number of carbonyl (C=O) groups excluding carboxylic acids is 1. The van der Waals surface area contributed by atoms with E-state index in [1.165, 1.54) is 11.3 Å². The molecule has 0 spiro atoms. The van der Waals surface area contributed by atoms with Gasteiger partial charge in [-0.05, 0) is 30.0 Å². The standard InChI is InChI=1S/C18H17N3O3S2/c22-18(19-13-8-10-26(23,24)12-13)15-11-21(14-5-2-1-3-6-14)20-17(15)16-7-4-9-25-16/h1-7,9,11,13H,8,10,12H2,(H,19,22)/t13-/m1/s1. The molecule has 0 unspecified atom stereocenters. The SMILES string of the molecule is O=C(N[C@@H]1CCS(=O)(=O)C1)c1cn(-c2ccccc2)nc1-c1cccs1. The first kappa shape index (κ1) is 17.0. The summed E-state index contributed by atoms with van der Waals surface area (Å²) in [6.45, 7) is 0. The van der Waals surface area contributed by atoms with Gasteiger partial charge in [0.1, 0.15) is 5.69 Å². The molecule has 8 heteroatoms. The number of nitrogens with one attached hydrogen (secondary N) is 1. The predicted octanol–water partition coefficient (Wildman–Crippen LogP) is 2.52. The number of amides is 1. The summed E-state index contributed by atoms with van der Waals surface area (Å²) in [4.78, 5) is 13.7. The number of carbonyl (C=O) groups is 1. The fraction of sp³-hybridized carbons (Fsp3) is 0.222. The van der Waals surface area contributed by atoms with Crippen LogP contribution >= 0.6 is 11.3 Å². The van der Waals surface area contributed by atoms with E-state index in [1.807, 2.05) is 47.8 Å². The first-order chi connectivity index (χ1) is 12.5. The average Bonchev–Trinajstić information content (AvgIpc) is 3.34. The van der Waals surface area contributed by atoms with Gasteiger partial charge >= 0.3 is 0 Å². The molecule has 134 valence electrons. The molecule has 3 heterocycles. The van der Waals surface area contributed by atoms with Gasteiger partial charge in [0.05, 0.1) is 27.6 Å². The third-order valence-corrected chi connectivity index (χ3v) is 6.95. The Morgan fingerprint density at radius 1 is 1.19 bits per heavy atom. The van der Waals surface area contributed by atoms with Gasteiger partial charge in [0.15, 0.2) is 9.84 Å². The lowest BCUT2D eigenvalue weighted by atomic mass is 10.2. The van der Waals surface area contributed by atoms with Gasteiger partial charge in [-0.15, -0.1) is 11.3 Å². The molecular weight excluding hydrogens is 370 g/mol. The van der Waals surface area contributed by atoms with Gasteiger partial charge in [0, 0.05) is 12.2 Å². The van der Waals surface area contributed by atoms with Gasteiger partial charge < -0.3 is 5.32 Å². The van der Waals surface area contributed by atoms with Gasteiger partial charge in [-0.3, -0.25) is 4.79 Å². The third-order valence-electron chi connectivity index (χ3n) is 4.30. The van der Waals surface area contributed by atoms with Crippen LogP contribution in [0.5, 0.6) is 0 Å². The average molecular weight is 387 g/mol. The van der Waals surface area contributed by atoms with E-state index in [1.54, 1.807) is 10.9 Å². The van der Waals surface area contributed by atoms with Crippen LogP contribution in [0.1, 0.15) is 16.8 Å². The maximum atomic E-state index is 12.8. The molecule has 0 aliphatic carbocycles. The molecular formula is C18H17N3O3S2. The summed E-state index contributed by atoms with van der Waals surface area (Å²) in [5.41, 5.74) is 1.90. The van der Waals surface area contributed by atoms with Crippen LogP contribution < -0.4 is 5.32 Å². The summed E-state index contributed by atoms with van der Waals surface area (Å²) < 4.78 is 24.9. The van der Waals surface area contributed by atoms with Crippen LogP contribution in [0.15, 0.2) is 54.0 Å². The molecule has 4 rings (SSSR count). The molecule has 0 saturated carbocycles. The monoisotopic (exact) mass is 387 g/mol. The lowest BCUT2D eigenvalue weighted by Gasteiger charge is -2.10. The van der Waals surface area contributed by atoms with Crippen LogP contribution in [0.3, 0.4) is 0 Å². The maximum Gasteiger partial charge on any atom is 0.255 e. The molecule has 0 bridgehead atoms. The summed E-state index contributed by atoms with van der Waals surface area (Å²) in [7, 11) is -3.05. The van der Waals surface area contributed by atoms with Gasteiger partial charge in [-0.1, -0.05) is 24.3 Å². The second-order valence-corrected chi connectivity index (χ2v) is 9.40. The highest BCUT2D eigenvalue weighted by Gasteiger charge is 2.30. The number of aromatic nitrogens is 2. The largest absolute Gasteiger partial charge is 0.348 e. The number of sulfone groups is 1. The minimum Gasteiger partial charge on any atom is -0.348 e. The second-order valence-electron chi connectivity index (χ2n) is 6.22. The predicted molar refractivity (Wildman–Crippen MR) is 101 cm³/mol. The Hall–Kier alpha value is -2.45. The highest BCUT2D eigenvalue weighted by atomic mass is 32.2. The zero-order valence-corrected chi connectivity index (χ0v) is 15.5. The molecule has 1 N–H and O–H groups in total. The molecule has 3 aromatic rings. The van der Waals surface area contributed by atoms with Crippen molar-refractivity contribution in [2.45, 2.75) is 12.5 Å². The highest BCUT2D eigenvalue weighted by molar-refractivity contribution is 7.91. The van der Waals surface area contributed by atoms with E-state index >= 15 is 0 Å². The smallest absolute Gasteiger partial charge is 0.255 e. The van der Waals surface area contributed by atoms with Crippen molar-refractivity contribution in [1.29, 1.82) is 0 Å². The molecule has 1 aliphatic heterocycles. The molecule has 2 aromatic heterocycles. The van der Waals surface area contributed by atoms with Crippen molar-refractivity contribution >= 4 is 27.1 Å². The third kappa shape index (κ3) is 3.42. The van der Waals surface area contributed by atoms with Crippen molar-refractivity contribution in [2.75, 3.05) is 11.5 Å². The fourth-order valence-electron chi connectivity index (χ4n) is 3.02. The van der Waals surface area contributed by atoms with Crippen molar-refractivity contribution in [3.63, 3.8) is 0 Å². The van der Waals surface area contributed by atoms with Crippen molar-refractivity contribution in [3.05, 3.63) is 59.6 Å². The zero-order chi connectivity index (χ0) is 18.1. The van der Waals surface area contributed by atoms with Crippen LogP contribution in [0, 0.1) is 0 Å². The quantitative estimate of drug-likeness (QED) is 0.746. The Morgan fingerprint density at radius 2 is 2.00 bits per heavy atom. The number of rotatable bonds is 4. The van der Waals surface area contributed by atoms with Crippen molar-refractivity contribution in [1.82, 2.24) is 15.1 Å². The van der Waals surface area contributed by atoms with E-state index in [9.17, 15) is 13.2 Å². The Kier molecular flexibility index (Phi) is 4.37. The van der Waals surface area contributed by atoms with Crippen LogP contribution in [-0.2, 0) is 9.84 Å². The van der Waals surface area contributed by atoms with Crippen molar-refractivity contribution in [3.8, 4) is 16.3 Å². The minimum atomic E-state index is -3.05. The van der Waals surface area contributed by atoms with E-state index in [-0.39, 0.29) is 23.5 Å². The number of hydrogen-bond donors (Lipinski definition) is 1. The van der Waals surface area contributed by atoms with Gasteiger partial charge in [0.25, 0.3) is 5.91 Å². The second kappa shape index (κ2) is 6.69. The number of thiophene rings is 1. The summed E-state index contributed by atoms with van der Waals surface area (Å²) in [6, 6.07) is 13.0. The van der Waals surface area contributed by atoms with Crippen molar-refractivity contribution in [2.24, 2.45) is 0 Å².